The molecule has 0 radical (unpaired) electrons. The van der Waals surface area contributed by atoms with Crippen LogP contribution >= 0.6 is 11.3 Å². The van der Waals surface area contributed by atoms with Crippen molar-refractivity contribution in [2.45, 2.75) is 57.8 Å². The van der Waals surface area contributed by atoms with Crippen LogP contribution in [0.2, 0.25) is 0 Å². The van der Waals surface area contributed by atoms with Crippen molar-refractivity contribution in [2.75, 3.05) is 0 Å². The molecule has 0 saturated carbocycles. The quantitative estimate of drug-likeness (QED) is 0.117. The zero-order valence-electron chi connectivity index (χ0n) is 80.5. The van der Waals surface area contributed by atoms with Gasteiger partial charge in [0.1, 0.15) is 0 Å². The molecule has 0 atom stereocenters. The Balaban J connectivity index is 0.000000108. The summed E-state index contributed by atoms with van der Waals surface area (Å²) in [5.74, 6) is 5.76. The molecule has 0 N–H and O–H groups in total. The monoisotopic (exact) mass is 1880 g/mol. The van der Waals surface area contributed by atoms with E-state index in [2.05, 4.69) is 389 Å². The number of rotatable bonds is 12. The van der Waals surface area contributed by atoms with E-state index in [0.717, 1.165) is 77.8 Å². The van der Waals surface area contributed by atoms with Crippen LogP contribution in [0.4, 0.5) is 0 Å². The minimum atomic E-state index is -0.105. The topological polar surface area (TPSA) is 131 Å². The number of hydrogen-bond donors (Lipinski definition) is 0. The van der Waals surface area contributed by atoms with E-state index in [9.17, 15) is 0 Å². The van der Waals surface area contributed by atoms with Crippen molar-refractivity contribution in [1.82, 2.24) is 58.6 Å². The van der Waals surface area contributed by atoms with E-state index in [1.807, 2.05) is 115 Å². The number of nitrogens with zero attached hydrogens (tertiary/aromatic N) is 12. The molecule has 19 aromatic carbocycles. The normalized spacial score (nSPS) is 13.2. The van der Waals surface area contributed by atoms with Crippen molar-refractivity contribution in [2.24, 2.45) is 0 Å². The van der Waals surface area contributed by atoms with Gasteiger partial charge in [-0.15, -0.1) is 11.3 Å². The average Bonchev–Trinajstić information content (AvgIpc) is 1.54. The number of thiophene rings is 1. The second-order valence-electron chi connectivity index (χ2n) is 39.4. The van der Waals surface area contributed by atoms with Gasteiger partial charge in [-0.05, 0) is 150 Å². The summed E-state index contributed by atoms with van der Waals surface area (Å²) < 4.78 is 9.34. The van der Waals surface area contributed by atoms with Crippen molar-refractivity contribution in [3.8, 4) is 153 Å². The lowest BCUT2D eigenvalue weighted by Gasteiger charge is -2.21. The molecule has 29 rings (SSSR count). The fourth-order valence-electron chi connectivity index (χ4n) is 23.0. The molecule has 0 unspecified atom stereocenters. The summed E-state index contributed by atoms with van der Waals surface area (Å²) in [6, 6.07) is 159. The molecule has 7 aromatic heterocycles. The maximum Gasteiger partial charge on any atom is 0.238 e. The first-order valence-electron chi connectivity index (χ1n) is 49.5. The number of hydrogen-bond acceptors (Lipinski definition) is 10. The van der Waals surface area contributed by atoms with Gasteiger partial charge in [0, 0.05) is 113 Å². The first-order chi connectivity index (χ1) is 71.2. The molecular weight excluding hydrogens is 1790 g/mol. The van der Waals surface area contributed by atoms with Gasteiger partial charge in [-0.1, -0.05) is 430 Å². The zero-order chi connectivity index (χ0) is 96.9. The molecule has 3 aliphatic rings. The standard InChI is InChI=1S/C48H34N4.C42H28N4S.C42H30N4/c1-48(2)39-24-13-12-23-37(39)43-40(48)27-28-41-44(43)38-26-25-34(31-15-6-3-7-16-31)30-42(38)52(41)36-22-14-21-35(29-36)47-50-45(32-17-8-4-9-18-32)49-46(51-47)33-19-10-5-11-20-33;1-42(2)31-20-9-6-16-28(31)36-32(42)23-24-34-37(36)29-17-7-10-21-33(29)46(34)41-44-39(25-13-4-3-5-14-25)43-40(45-41)30-19-12-18-27-26-15-8-11-22-35(26)47-38(27)30;1-42(2)33-21-13-12-20-31(33)37-34(42)24-25-35-38(37)32-23-22-30(27-14-6-3-7-15-27)26-36(32)46(35)41-44-39(28-16-8-4-9-17-28)43-40(45-41)29-18-10-5-11-19-29/h3-30H,1-2H3;3-24H,1-2H3;3-26H,1-2H3. The molecule has 0 fully saturated rings. The highest BCUT2D eigenvalue weighted by atomic mass is 32.1. The highest BCUT2D eigenvalue weighted by Crippen LogP contribution is 2.58. The second-order valence-corrected chi connectivity index (χ2v) is 40.5. The van der Waals surface area contributed by atoms with Gasteiger partial charge in [0.2, 0.25) is 11.9 Å². The van der Waals surface area contributed by atoms with E-state index < -0.39 is 0 Å². The summed E-state index contributed by atoms with van der Waals surface area (Å²) in [5, 5.41) is 9.85. The smallest absolute Gasteiger partial charge is 0.238 e. The Labute approximate surface area is 842 Å². The van der Waals surface area contributed by atoms with E-state index in [1.54, 1.807) is 11.3 Å². The minimum Gasteiger partial charge on any atom is -0.309 e. The maximum absolute atomic E-state index is 5.31. The molecule has 0 aliphatic heterocycles. The first-order valence-corrected chi connectivity index (χ1v) is 50.3. The van der Waals surface area contributed by atoms with Gasteiger partial charge in [-0.25, -0.2) is 24.9 Å². The average molecular weight is 1880 g/mol. The predicted molar refractivity (Wildman–Crippen MR) is 597 cm³/mol. The van der Waals surface area contributed by atoms with Crippen LogP contribution in [0.3, 0.4) is 0 Å². The maximum atomic E-state index is 5.31. The van der Waals surface area contributed by atoms with Gasteiger partial charge in [-0.3, -0.25) is 9.13 Å². The van der Waals surface area contributed by atoms with E-state index in [-0.39, 0.29) is 16.2 Å². The van der Waals surface area contributed by atoms with Gasteiger partial charge in [0.15, 0.2) is 40.8 Å². The summed E-state index contributed by atoms with van der Waals surface area (Å²) in [4.78, 5) is 46.0. The van der Waals surface area contributed by atoms with E-state index in [1.165, 1.54) is 141 Å². The highest BCUT2D eigenvalue weighted by molar-refractivity contribution is 7.26. The summed E-state index contributed by atoms with van der Waals surface area (Å²) in [6.45, 7) is 14.0. The summed E-state index contributed by atoms with van der Waals surface area (Å²) >= 11 is 1.79. The Morgan fingerprint density at radius 2 is 0.490 bits per heavy atom. The van der Waals surface area contributed by atoms with Crippen LogP contribution in [0.25, 0.3) is 239 Å². The molecule has 0 saturated heterocycles. The molecule has 686 valence electrons. The largest absolute Gasteiger partial charge is 0.309 e. The number of benzene rings is 19. The Morgan fingerprint density at radius 3 is 0.924 bits per heavy atom. The summed E-state index contributed by atoms with van der Waals surface area (Å²) in [5.41, 5.74) is 34.8. The second kappa shape index (κ2) is 34.1. The molecule has 0 spiro atoms. The lowest BCUT2D eigenvalue weighted by Crippen LogP contribution is -2.14. The van der Waals surface area contributed by atoms with Crippen molar-refractivity contribution in [3.63, 3.8) is 0 Å². The van der Waals surface area contributed by atoms with Crippen molar-refractivity contribution < 1.29 is 0 Å². The van der Waals surface area contributed by atoms with Gasteiger partial charge in [0.05, 0.1) is 33.1 Å². The van der Waals surface area contributed by atoms with Crippen LogP contribution < -0.4 is 0 Å². The van der Waals surface area contributed by atoms with Crippen LogP contribution in [0.5, 0.6) is 0 Å². The van der Waals surface area contributed by atoms with Crippen LogP contribution in [0.15, 0.2) is 449 Å². The van der Waals surface area contributed by atoms with E-state index in [4.69, 9.17) is 44.9 Å². The predicted octanol–water partition coefficient (Wildman–Crippen LogP) is 33.2. The van der Waals surface area contributed by atoms with Crippen LogP contribution in [-0.4, -0.2) is 58.6 Å². The third-order valence-electron chi connectivity index (χ3n) is 30.0. The Hall–Kier alpha value is -18.2. The number of aromatic nitrogens is 12. The van der Waals surface area contributed by atoms with Gasteiger partial charge >= 0.3 is 0 Å². The summed E-state index contributed by atoms with van der Waals surface area (Å²) in [7, 11) is 0. The first kappa shape index (κ1) is 86.0. The highest BCUT2D eigenvalue weighted by Gasteiger charge is 2.42. The fourth-order valence-corrected chi connectivity index (χ4v) is 24.2. The zero-order valence-corrected chi connectivity index (χ0v) is 81.3. The lowest BCUT2D eigenvalue weighted by atomic mass is 9.82. The number of para-hydroxylation sites is 1. The van der Waals surface area contributed by atoms with Gasteiger partial charge in [-0.2, -0.15) is 19.9 Å². The molecule has 0 amide bonds. The number of fused-ring (bicyclic) bond motifs is 24. The molecule has 13 heteroatoms. The van der Waals surface area contributed by atoms with Crippen molar-refractivity contribution in [3.05, 3.63) is 482 Å². The Kier molecular flexibility index (Phi) is 20.2. The minimum absolute atomic E-state index is 0.0902. The van der Waals surface area contributed by atoms with E-state index in [0.29, 0.717) is 52.7 Å². The molecule has 7 heterocycles. The van der Waals surface area contributed by atoms with Crippen LogP contribution in [-0.2, 0) is 16.2 Å². The lowest BCUT2D eigenvalue weighted by molar-refractivity contribution is 0.660. The van der Waals surface area contributed by atoms with Crippen molar-refractivity contribution >= 4 is 96.9 Å². The van der Waals surface area contributed by atoms with E-state index >= 15 is 0 Å². The van der Waals surface area contributed by atoms with Crippen molar-refractivity contribution in [1.29, 1.82) is 0 Å². The third kappa shape index (κ3) is 14.1. The molecular formula is C132H92N12S. The summed E-state index contributed by atoms with van der Waals surface area (Å²) in [6.07, 6.45) is 0. The molecule has 12 nitrogen and oxygen atoms in total. The van der Waals surface area contributed by atoms with Crippen LogP contribution in [0.1, 0.15) is 74.9 Å². The SMILES string of the molecule is CC1(C)c2ccccc2-c2c1ccc1c2c2ccc(-c3ccccc3)cc2n1-c1cccc(-c2nc(-c3ccccc3)nc(-c3ccccc3)n2)c1.CC1(C)c2ccccc2-c2c1ccc1c2c2ccc(-c3ccccc3)cc2n1-c1nc(-c2ccccc2)nc(-c2ccccc2)n1.CC1(C)c2ccccc2-c2c1ccc1c2c2ccccc2n1-c1nc(-c2ccccc2)nc(-c2cccc3c2sc2ccccc23)n1. The van der Waals surface area contributed by atoms with Gasteiger partial charge in [0.25, 0.3) is 0 Å². The molecule has 0 bridgehead atoms. The molecule has 3 aliphatic carbocycles. The van der Waals surface area contributed by atoms with Gasteiger partial charge < -0.3 is 4.57 Å². The molecule has 26 aromatic rings. The Bertz CT molecular complexity index is 9590. The third-order valence-corrected chi connectivity index (χ3v) is 31.2. The van der Waals surface area contributed by atoms with Crippen LogP contribution in [0, 0.1) is 0 Å². The Morgan fingerprint density at radius 1 is 0.186 bits per heavy atom. The fraction of sp³-hybridized carbons (Fsp3) is 0.0682. The molecule has 145 heavy (non-hydrogen) atoms.